The summed E-state index contributed by atoms with van der Waals surface area (Å²) in [4.78, 5) is 19.8. The van der Waals surface area contributed by atoms with Gasteiger partial charge in [-0.05, 0) is 23.4 Å². The monoisotopic (exact) mass is 271 g/mol. The molecule has 0 radical (unpaired) electrons. The lowest BCUT2D eigenvalue weighted by molar-refractivity contribution is -0.111. The van der Waals surface area contributed by atoms with E-state index in [2.05, 4.69) is 25.4 Å². The van der Waals surface area contributed by atoms with Crippen molar-refractivity contribution < 1.29 is 14.3 Å². The van der Waals surface area contributed by atoms with E-state index in [0.717, 1.165) is 0 Å². The molecular weight excluding hydrogens is 262 g/mol. The van der Waals surface area contributed by atoms with Crippen molar-refractivity contribution in [3.05, 3.63) is 23.8 Å². The molecule has 0 saturated carbocycles. The fraction of sp³-hybridized carbons (Fsp3) is 0.167. The summed E-state index contributed by atoms with van der Waals surface area (Å²) in [6.07, 6.45) is 0. The van der Waals surface area contributed by atoms with Crippen molar-refractivity contribution in [3.63, 3.8) is 0 Å². The first-order valence-electron chi connectivity index (χ1n) is 5.66. The van der Waals surface area contributed by atoms with E-state index in [0.29, 0.717) is 17.1 Å². The van der Waals surface area contributed by atoms with Gasteiger partial charge in [-0.2, -0.15) is 4.99 Å². The van der Waals surface area contributed by atoms with Crippen molar-refractivity contribution in [1.82, 2.24) is 0 Å². The molecule has 0 unspecified atom stereocenters. The molecule has 1 aromatic carbocycles. The Kier molecular flexibility index (Phi) is 2.82. The van der Waals surface area contributed by atoms with Crippen molar-refractivity contribution in [2.45, 2.75) is 0 Å². The van der Waals surface area contributed by atoms with E-state index >= 15 is 0 Å². The number of carbonyl (C=O) groups is 1. The van der Waals surface area contributed by atoms with Crippen LogP contribution in [0.5, 0.6) is 11.5 Å². The number of fused-ring (bicyclic) bond motifs is 1. The smallest absolute Gasteiger partial charge is 0.303 e. The van der Waals surface area contributed by atoms with Crippen LogP contribution in [0.1, 0.15) is 5.56 Å². The summed E-state index contributed by atoms with van der Waals surface area (Å²) < 4.78 is 10.4. The Balaban J connectivity index is 2.04. The van der Waals surface area contributed by atoms with Gasteiger partial charge in [0, 0.05) is 5.56 Å². The first-order valence-corrected chi connectivity index (χ1v) is 5.66. The molecule has 3 rings (SSSR count). The molecule has 8 heteroatoms. The molecule has 0 bridgehead atoms. The predicted molar refractivity (Wildman–Crippen MR) is 70.8 cm³/mol. The number of carbonyl (C=O) groups excluding carboxylic acids is 1. The zero-order chi connectivity index (χ0) is 14.1. The number of amides is 1. The van der Waals surface area contributed by atoms with E-state index in [4.69, 9.17) is 9.47 Å². The van der Waals surface area contributed by atoms with Gasteiger partial charge in [-0.3, -0.25) is 4.79 Å². The standard InChI is InChI=1S/C12H9N5O3/c1-19-7-4-3-6(5-8(7)20-2)10-13-11-9(12(18)14-10)15-17-16-11/h3-5H,1-2H3. The van der Waals surface area contributed by atoms with Gasteiger partial charge in [-0.1, -0.05) is 0 Å². The third kappa shape index (κ3) is 1.87. The maximum absolute atomic E-state index is 11.8. The highest BCUT2D eigenvalue weighted by molar-refractivity contribution is 6.69. The lowest BCUT2D eigenvalue weighted by atomic mass is 10.1. The highest BCUT2D eigenvalue weighted by Crippen LogP contribution is 2.28. The fourth-order valence-corrected chi connectivity index (χ4v) is 1.79. The molecule has 2 aliphatic rings. The summed E-state index contributed by atoms with van der Waals surface area (Å²) in [6, 6.07) is 5.12. The lowest BCUT2D eigenvalue weighted by Crippen LogP contribution is -2.25. The van der Waals surface area contributed by atoms with E-state index in [1.54, 1.807) is 25.3 Å². The number of rotatable bonds is 3. The molecule has 0 spiro atoms. The number of nitrogens with zero attached hydrogens (tertiary/aromatic N) is 5. The molecule has 0 aliphatic carbocycles. The van der Waals surface area contributed by atoms with Crippen LogP contribution in [0.15, 0.2) is 43.6 Å². The first kappa shape index (κ1) is 12.2. The summed E-state index contributed by atoms with van der Waals surface area (Å²) in [7, 11) is 3.07. The van der Waals surface area contributed by atoms with E-state index in [1.165, 1.54) is 7.11 Å². The largest absolute Gasteiger partial charge is 0.493 e. The van der Waals surface area contributed by atoms with Gasteiger partial charge in [0.05, 0.1) is 14.2 Å². The van der Waals surface area contributed by atoms with Crippen LogP contribution < -0.4 is 9.47 Å². The number of methoxy groups -OCH3 is 2. The molecule has 1 amide bonds. The topological polar surface area (TPSA) is 97.3 Å². The van der Waals surface area contributed by atoms with Crippen LogP contribution in [-0.4, -0.2) is 37.5 Å². The Hall–Kier alpha value is -2.90. The molecule has 20 heavy (non-hydrogen) atoms. The first-order chi connectivity index (χ1) is 9.72. The third-order valence-electron chi connectivity index (χ3n) is 2.76. The van der Waals surface area contributed by atoms with Crippen molar-refractivity contribution >= 4 is 23.3 Å². The molecule has 2 heterocycles. The van der Waals surface area contributed by atoms with Crippen LogP contribution in [0.4, 0.5) is 0 Å². The average molecular weight is 271 g/mol. The number of hydrogen-bond donors (Lipinski definition) is 0. The average Bonchev–Trinajstić information content (AvgIpc) is 2.95. The number of aliphatic imine (C=N–C) groups is 2. The fourth-order valence-electron chi connectivity index (χ4n) is 1.79. The Morgan fingerprint density at radius 1 is 1.00 bits per heavy atom. The molecular formula is C12H9N5O3. The second kappa shape index (κ2) is 4.65. The van der Waals surface area contributed by atoms with Crippen molar-refractivity contribution in [1.29, 1.82) is 0 Å². The molecule has 0 aromatic heterocycles. The van der Waals surface area contributed by atoms with Gasteiger partial charge in [0.1, 0.15) is 0 Å². The van der Waals surface area contributed by atoms with Gasteiger partial charge in [0.15, 0.2) is 17.3 Å². The Labute approximate surface area is 113 Å². The van der Waals surface area contributed by atoms with Gasteiger partial charge in [0.2, 0.25) is 11.5 Å². The molecule has 0 fully saturated rings. The van der Waals surface area contributed by atoms with E-state index in [1.807, 2.05) is 0 Å². The van der Waals surface area contributed by atoms with Crippen LogP contribution in [0.3, 0.4) is 0 Å². The predicted octanol–water partition coefficient (Wildman–Crippen LogP) is 1.21. The second-order valence-corrected chi connectivity index (χ2v) is 3.88. The summed E-state index contributed by atoms with van der Waals surface area (Å²) >= 11 is 0. The molecule has 0 atom stereocenters. The Morgan fingerprint density at radius 3 is 2.55 bits per heavy atom. The second-order valence-electron chi connectivity index (χ2n) is 3.88. The zero-order valence-corrected chi connectivity index (χ0v) is 10.7. The summed E-state index contributed by atoms with van der Waals surface area (Å²) in [5.74, 6) is 1.01. The van der Waals surface area contributed by atoms with Crippen molar-refractivity contribution in [2.24, 2.45) is 25.4 Å². The molecule has 1 aromatic rings. The molecule has 0 N–H and O–H groups in total. The summed E-state index contributed by atoms with van der Waals surface area (Å²) in [6.45, 7) is 0. The quantitative estimate of drug-likeness (QED) is 0.826. The lowest BCUT2D eigenvalue weighted by Gasteiger charge is -2.10. The van der Waals surface area contributed by atoms with Crippen LogP contribution in [-0.2, 0) is 4.79 Å². The normalized spacial score (nSPS) is 16.3. The van der Waals surface area contributed by atoms with Gasteiger partial charge >= 0.3 is 5.91 Å². The van der Waals surface area contributed by atoms with E-state index in [9.17, 15) is 4.79 Å². The van der Waals surface area contributed by atoms with Crippen molar-refractivity contribution in [3.8, 4) is 11.5 Å². The molecule has 0 saturated heterocycles. The van der Waals surface area contributed by atoms with Crippen LogP contribution in [0.2, 0.25) is 0 Å². The minimum Gasteiger partial charge on any atom is -0.493 e. The number of amidine groups is 2. The zero-order valence-electron chi connectivity index (χ0n) is 10.7. The maximum Gasteiger partial charge on any atom is 0.303 e. The maximum atomic E-state index is 11.8. The van der Waals surface area contributed by atoms with Crippen molar-refractivity contribution in [2.75, 3.05) is 14.2 Å². The van der Waals surface area contributed by atoms with Crippen LogP contribution in [0.25, 0.3) is 0 Å². The third-order valence-corrected chi connectivity index (χ3v) is 2.76. The molecule has 2 aliphatic heterocycles. The number of benzene rings is 1. The van der Waals surface area contributed by atoms with Gasteiger partial charge < -0.3 is 9.47 Å². The number of hydrogen-bond acceptors (Lipinski definition) is 7. The highest BCUT2D eigenvalue weighted by Gasteiger charge is 2.28. The minimum atomic E-state index is -0.509. The van der Waals surface area contributed by atoms with E-state index < -0.39 is 5.91 Å². The minimum absolute atomic E-state index is 0.0641. The van der Waals surface area contributed by atoms with Gasteiger partial charge in [0.25, 0.3) is 0 Å². The van der Waals surface area contributed by atoms with E-state index in [-0.39, 0.29) is 17.4 Å². The Morgan fingerprint density at radius 2 is 1.80 bits per heavy atom. The summed E-state index contributed by atoms with van der Waals surface area (Å²) in [5, 5.41) is 10.7. The van der Waals surface area contributed by atoms with Gasteiger partial charge in [-0.25, -0.2) is 4.99 Å². The van der Waals surface area contributed by atoms with Gasteiger partial charge in [-0.15, -0.1) is 10.2 Å². The van der Waals surface area contributed by atoms with Crippen LogP contribution in [0, 0.1) is 0 Å². The van der Waals surface area contributed by atoms with Crippen LogP contribution >= 0.6 is 0 Å². The summed E-state index contributed by atoms with van der Waals surface area (Å²) in [5.41, 5.74) is 0.680. The highest BCUT2D eigenvalue weighted by atomic mass is 16.5. The number of ether oxygens (including phenoxy) is 2. The SMILES string of the molecule is COc1ccc(C2=NC(=O)C3=NN=NC3=N2)cc1OC. The molecule has 100 valence electrons. The Bertz CT molecular complexity index is 718. The molecule has 8 nitrogen and oxygen atoms in total.